The molecule has 0 aliphatic heterocycles. The Morgan fingerprint density at radius 2 is 2.24 bits per heavy atom. The molecule has 84 valence electrons. The molecule has 0 saturated heterocycles. The first-order valence-electron chi connectivity index (χ1n) is 5.46. The van der Waals surface area contributed by atoms with Gasteiger partial charge in [0.25, 0.3) is 0 Å². The lowest BCUT2D eigenvalue weighted by atomic mass is 10.1. The van der Waals surface area contributed by atoms with Gasteiger partial charge in [-0.15, -0.1) is 0 Å². The molecule has 1 N–H and O–H groups in total. The van der Waals surface area contributed by atoms with Gasteiger partial charge in [-0.2, -0.15) is 5.26 Å². The van der Waals surface area contributed by atoms with Gasteiger partial charge in [-0.3, -0.25) is 0 Å². The van der Waals surface area contributed by atoms with Crippen LogP contribution in [0.5, 0.6) is 0 Å². The fourth-order valence-electron chi connectivity index (χ4n) is 1.89. The fraction of sp³-hybridized carbons (Fsp3) is 0.231. The van der Waals surface area contributed by atoms with Crippen LogP contribution >= 0.6 is 15.9 Å². The monoisotopic (exact) mass is 287 g/mol. The molecule has 1 fully saturated rings. The lowest BCUT2D eigenvalue weighted by Crippen LogP contribution is -2.04. The summed E-state index contributed by atoms with van der Waals surface area (Å²) < 4.78 is 1.03. The zero-order valence-corrected chi connectivity index (χ0v) is 10.7. The quantitative estimate of drug-likeness (QED) is 0.920. The highest BCUT2D eigenvalue weighted by Gasteiger charge is 2.47. The first-order chi connectivity index (χ1) is 8.23. The van der Waals surface area contributed by atoms with E-state index >= 15 is 0 Å². The highest BCUT2D eigenvalue weighted by molar-refractivity contribution is 9.10. The molecule has 0 unspecified atom stereocenters. The van der Waals surface area contributed by atoms with E-state index in [-0.39, 0.29) is 5.41 Å². The topological polar surface area (TPSA) is 52.5 Å². The van der Waals surface area contributed by atoms with Crippen LogP contribution in [0.4, 0.5) is 0 Å². The van der Waals surface area contributed by atoms with Crippen LogP contribution in [0.2, 0.25) is 0 Å². The molecule has 1 saturated carbocycles. The third kappa shape index (κ3) is 1.77. The maximum atomic E-state index is 9.12. The van der Waals surface area contributed by atoms with Crippen LogP contribution in [0, 0.1) is 11.3 Å². The van der Waals surface area contributed by atoms with Crippen LogP contribution in [-0.4, -0.2) is 9.97 Å². The molecular formula is C13H10BrN3. The number of aromatic amines is 1. The minimum atomic E-state index is -0.343. The van der Waals surface area contributed by atoms with Gasteiger partial charge in [0.15, 0.2) is 0 Å². The molecule has 1 aromatic heterocycles. The fourth-order valence-corrected chi connectivity index (χ4v) is 2.29. The van der Waals surface area contributed by atoms with E-state index in [9.17, 15) is 0 Å². The minimum Gasteiger partial charge on any atom is -0.341 e. The number of nitrogens with one attached hydrogen (secondary N) is 1. The summed E-state index contributed by atoms with van der Waals surface area (Å²) in [4.78, 5) is 7.59. The largest absolute Gasteiger partial charge is 0.341 e. The molecule has 1 aliphatic rings. The van der Waals surface area contributed by atoms with E-state index in [0.717, 1.165) is 34.4 Å². The van der Waals surface area contributed by atoms with Gasteiger partial charge in [0.05, 0.1) is 18.0 Å². The number of hydrogen-bond acceptors (Lipinski definition) is 2. The average Bonchev–Trinajstić information content (AvgIpc) is 2.99. The molecule has 17 heavy (non-hydrogen) atoms. The van der Waals surface area contributed by atoms with Crippen molar-refractivity contribution in [1.82, 2.24) is 9.97 Å². The number of nitrogens with zero attached hydrogens (tertiary/aromatic N) is 2. The molecule has 1 aromatic carbocycles. The maximum absolute atomic E-state index is 9.12. The van der Waals surface area contributed by atoms with E-state index in [0.29, 0.717) is 0 Å². The maximum Gasteiger partial charge on any atom is 0.127 e. The van der Waals surface area contributed by atoms with Crippen molar-refractivity contribution in [3.8, 4) is 17.3 Å². The number of aromatic nitrogens is 2. The Kier molecular flexibility index (Phi) is 2.30. The van der Waals surface area contributed by atoms with Crippen molar-refractivity contribution < 1.29 is 0 Å². The normalized spacial score (nSPS) is 16.5. The molecule has 1 heterocycles. The van der Waals surface area contributed by atoms with Gasteiger partial charge in [0, 0.05) is 10.0 Å². The van der Waals surface area contributed by atoms with Crippen LogP contribution in [-0.2, 0) is 5.41 Å². The van der Waals surface area contributed by atoms with Crippen molar-refractivity contribution in [2.24, 2.45) is 0 Å². The van der Waals surface area contributed by atoms with Gasteiger partial charge >= 0.3 is 0 Å². The van der Waals surface area contributed by atoms with E-state index in [4.69, 9.17) is 5.26 Å². The number of halogens is 1. The van der Waals surface area contributed by atoms with Gasteiger partial charge in [-0.1, -0.05) is 28.1 Å². The zero-order valence-electron chi connectivity index (χ0n) is 9.07. The first-order valence-corrected chi connectivity index (χ1v) is 6.25. The predicted octanol–water partition coefficient (Wildman–Crippen LogP) is 3.39. The van der Waals surface area contributed by atoms with Crippen LogP contribution in [0.25, 0.3) is 11.3 Å². The number of hydrogen-bond donors (Lipinski definition) is 1. The van der Waals surface area contributed by atoms with Crippen LogP contribution < -0.4 is 0 Å². The Morgan fingerprint density at radius 3 is 2.88 bits per heavy atom. The predicted molar refractivity (Wildman–Crippen MR) is 68.2 cm³/mol. The van der Waals surface area contributed by atoms with Crippen molar-refractivity contribution in [3.05, 3.63) is 40.8 Å². The number of rotatable bonds is 2. The van der Waals surface area contributed by atoms with Crippen molar-refractivity contribution in [1.29, 1.82) is 5.26 Å². The van der Waals surface area contributed by atoms with Crippen molar-refractivity contribution in [2.75, 3.05) is 0 Å². The summed E-state index contributed by atoms with van der Waals surface area (Å²) >= 11 is 3.45. The van der Waals surface area contributed by atoms with E-state index in [1.54, 1.807) is 6.20 Å². The SMILES string of the molecule is N#CC1(c2ncc(-c3cccc(Br)c3)[nH]2)CC1. The van der Waals surface area contributed by atoms with Crippen LogP contribution in [0.1, 0.15) is 18.7 Å². The molecule has 0 spiro atoms. The smallest absolute Gasteiger partial charge is 0.127 e. The molecule has 0 radical (unpaired) electrons. The highest BCUT2D eigenvalue weighted by atomic mass is 79.9. The lowest BCUT2D eigenvalue weighted by molar-refractivity contribution is 0.822. The van der Waals surface area contributed by atoms with Gasteiger partial charge in [0.2, 0.25) is 0 Å². The third-order valence-electron chi connectivity index (χ3n) is 3.13. The number of nitriles is 1. The molecule has 3 nitrogen and oxygen atoms in total. The summed E-state index contributed by atoms with van der Waals surface area (Å²) in [7, 11) is 0. The standard InChI is InChI=1S/C13H10BrN3/c14-10-3-1-2-9(6-10)11-7-16-12(17-11)13(8-15)4-5-13/h1-3,6-7H,4-5H2,(H,16,17). The van der Waals surface area contributed by atoms with Crippen LogP contribution in [0.3, 0.4) is 0 Å². The van der Waals surface area contributed by atoms with Gasteiger partial charge in [-0.05, 0) is 25.0 Å². The Morgan fingerprint density at radius 1 is 1.41 bits per heavy atom. The van der Waals surface area contributed by atoms with E-state index in [2.05, 4.69) is 32.0 Å². The molecule has 0 bridgehead atoms. The second-order valence-corrected chi connectivity index (χ2v) is 5.27. The van der Waals surface area contributed by atoms with E-state index in [1.165, 1.54) is 0 Å². The summed E-state index contributed by atoms with van der Waals surface area (Å²) in [5.74, 6) is 0.801. The van der Waals surface area contributed by atoms with Crippen molar-refractivity contribution in [2.45, 2.75) is 18.3 Å². The third-order valence-corrected chi connectivity index (χ3v) is 3.62. The summed E-state index contributed by atoms with van der Waals surface area (Å²) in [5, 5.41) is 9.12. The molecule has 0 atom stereocenters. The second kappa shape index (κ2) is 3.71. The molecular weight excluding hydrogens is 278 g/mol. The van der Waals surface area contributed by atoms with Gasteiger partial charge in [0.1, 0.15) is 11.2 Å². The Labute approximate surface area is 108 Å². The zero-order chi connectivity index (χ0) is 11.9. The second-order valence-electron chi connectivity index (χ2n) is 4.35. The van der Waals surface area contributed by atoms with Crippen LogP contribution in [0.15, 0.2) is 34.9 Å². The highest BCUT2D eigenvalue weighted by Crippen LogP contribution is 2.46. The van der Waals surface area contributed by atoms with E-state index in [1.807, 2.05) is 24.3 Å². The number of imidazole rings is 1. The molecule has 0 amide bonds. The Balaban J connectivity index is 1.99. The average molecular weight is 288 g/mol. The molecule has 4 heteroatoms. The number of H-pyrrole nitrogens is 1. The first kappa shape index (κ1) is 10.5. The molecule has 3 rings (SSSR count). The Hall–Kier alpha value is -1.60. The van der Waals surface area contributed by atoms with Crippen molar-refractivity contribution >= 4 is 15.9 Å². The van der Waals surface area contributed by atoms with Gasteiger partial charge < -0.3 is 4.98 Å². The minimum absolute atomic E-state index is 0.343. The lowest BCUT2D eigenvalue weighted by Gasteiger charge is -2.00. The summed E-state index contributed by atoms with van der Waals surface area (Å²) in [5.41, 5.74) is 1.69. The number of benzene rings is 1. The molecule has 2 aromatic rings. The van der Waals surface area contributed by atoms with E-state index < -0.39 is 0 Å². The van der Waals surface area contributed by atoms with Crippen molar-refractivity contribution in [3.63, 3.8) is 0 Å². The van der Waals surface area contributed by atoms with Gasteiger partial charge in [-0.25, -0.2) is 4.98 Å². The Bertz CT molecular complexity index is 605. The summed E-state index contributed by atoms with van der Waals surface area (Å²) in [6.45, 7) is 0. The summed E-state index contributed by atoms with van der Waals surface area (Å²) in [6.07, 6.45) is 3.62. The molecule has 1 aliphatic carbocycles. The summed E-state index contributed by atoms with van der Waals surface area (Å²) in [6, 6.07) is 10.4.